The predicted molar refractivity (Wildman–Crippen MR) is 151 cm³/mol. The van der Waals surface area contributed by atoms with Crippen LogP contribution in [0.4, 0.5) is 9.18 Å². The summed E-state index contributed by atoms with van der Waals surface area (Å²) in [5.41, 5.74) is 7.55. The largest absolute Gasteiger partial charge is 0.338 e. The van der Waals surface area contributed by atoms with Gasteiger partial charge in [-0.15, -0.1) is 0 Å². The van der Waals surface area contributed by atoms with Crippen molar-refractivity contribution in [2.24, 2.45) is 11.8 Å². The van der Waals surface area contributed by atoms with Gasteiger partial charge in [-0.25, -0.2) is 13.9 Å². The summed E-state index contributed by atoms with van der Waals surface area (Å²) >= 11 is 0. The minimum atomic E-state index is -0.238. The van der Waals surface area contributed by atoms with Gasteiger partial charge in [-0.3, -0.25) is 0 Å². The van der Waals surface area contributed by atoms with Crippen molar-refractivity contribution in [3.05, 3.63) is 94.6 Å². The molecule has 0 spiro atoms. The highest BCUT2D eigenvalue weighted by Crippen LogP contribution is 2.49. The highest BCUT2D eigenvalue weighted by Gasteiger charge is 2.37. The maximum Gasteiger partial charge on any atom is 0.315 e. The molecule has 0 radical (unpaired) electrons. The second-order valence-corrected chi connectivity index (χ2v) is 11.4. The van der Waals surface area contributed by atoms with Crippen molar-refractivity contribution < 1.29 is 9.18 Å². The summed E-state index contributed by atoms with van der Waals surface area (Å²) < 4.78 is 15.5. The fraction of sp³-hybridized carbons (Fsp3) is 0.438. The summed E-state index contributed by atoms with van der Waals surface area (Å²) in [6.45, 7) is 5.08. The molecule has 7 heteroatoms. The average molecular weight is 528 g/mol. The van der Waals surface area contributed by atoms with E-state index in [9.17, 15) is 9.18 Å². The van der Waals surface area contributed by atoms with Crippen molar-refractivity contribution in [2.45, 2.75) is 57.4 Å². The average Bonchev–Trinajstić information content (AvgIpc) is 3.58. The van der Waals surface area contributed by atoms with Crippen LogP contribution in [0, 0.1) is 17.7 Å². The van der Waals surface area contributed by atoms with Gasteiger partial charge in [-0.1, -0.05) is 48.4 Å². The number of nitrogens with zero attached hydrogens (tertiary/aromatic N) is 2. The molecule has 204 valence electrons. The topological polar surface area (TPSA) is 71.0 Å². The Morgan fingerprint density at radius 1 is 1.10 bits per heavy atom. The first kappa shape index (κ1) is 25.8. The molecule has 3 aromatic rings. The maximum absolute atomic E-state index is 13.5. The molecule has 2 aliphatic carbocycles. The molecule has 3 N–H and O–H groups in total. The van der Waals surface area contributed by atoms with Crippen molar-refractivity contribution in [1.82, 2.24) is 25.7 Å². The molecule has 3 aliphatic rings. The van der Waals surface area contributed by atoms with Gasteiger partial charge in [0.25, 0.3) is 0 Å². The molecule has 6 rings (SSSR count). The Kier molecular flexibility index (Phi) is 7.51. The third-order valence-corrected chi connectivity index (χ3v) is 8.97. The van der Waals surface area contributed by atoms with Gasteiger partial charge in [-0.2, -0.15) is 5.10 Å². The summed E-state index contributed by atoms with van der Waals surface area (Å²) in [6, 6.07) is 16.8. The Labute approximate surface area is 230 Å². The lowest BCUT2D eigenvalue weighted by Gasteiger charge is -2.30. The second-order valence-electron chi connectivity index (χ2n) is 11.4. The molecule has 1 aromatic heterocycles. The van der Waals surface area contributed by atoms with E-state index in [1.165, 1.54) is 34.5 Å². The number of rotatable bonds is 7. The molecule has 2 heterocycles. The number of allylic oxidation sites excluding steroid dienone is 2. The predicted octanol–water partition coefficient (Wildman–Crippen LogP) is 5.81. The third-order valence-electron chi connectivity index (χ3n) is 8.97. The molecular formula is C32H38FN5O. The molecule has 39 heavy (non-hydrogen) atoms. The molecule has 0 bridgehead atoms. The molecule has 2 amide bonds. The van der Waals surface area contributed by atoms with Gasteiger partial charge in [0.15, 0.2) is 0 Å². The van der Waals surface area contributed by atoms with E-state index >= 15 is 0 Å². The maximum atomic E-state index is 13.5. The lowest BCUT2D eigenvalue weighted by atomic mass is 9.78. The van der Waals surface area contributed by atoms with Gasteiger partial charge in [0.1, 0.15) is 5.82 Å². The van der Waals surface area contributed by atoms with Crippen LogP contribution in [-0.4, -0.2) is 35.4 Å². The lowest BCUT2D eigenvalue weighted by molar-refractivity contribution is 0.231. The monoisotopic (exact) mass is 527 g/mol. The zero-order valence-electron chi connectivity index (χ0n) is 22.6. The normalized spacial score (nSPS) is 21.8. The minimum absolute atomic E-state index is 0.0494. The first-order valence-electron chi connectivity index (χ1n) is 14.4. The smallest absolute Gasteiger partial charge is 0.315 e. The number of hydrogen-bond donors (Lipinski definition) is 3. The zero-order chi connectivity index (χ0) is 26.8. The van der Waals surface area contributed by atoms with E-state index in [0.29, 0.717) is 11.8 Å². The van der Waals surface area contributed by atoms with Gasteiger partial charge < -0.3 is 16.0 Å². The molecule has 0 saturated carbocycles. The Hall–Kier alpha value is -3.45. The molecule has 1 unspecified atom stereocenters. The van der Waals surface area contributed by atoms with E-state index in [2.05, 4.69) is 47.1 Å². The Bertz CT molecular complexity index is 1330. The van der Waals surface area contributed by atoms with Crippen LogP contribution in [0.5, 0.6) is 0 Å². The van der Waals surface area contributed by atoms with E-state index in [4.69, 9.17) is 5.10 Å². The van der Waals surface area contributed by atoms with Crippen LogP contribution in [0.3, 0.4) is 0 Å². The molecule has 3 atom stereocenters. The van der Waals surface area contributed by atoms with Gasteiger partial charge in [0.05, 0.1) is 23.6 Å². The minimum Gasteiger partial charge on any atom is -0.338 e. The van der Waals surface area contributed by atoms with Crippen LogP contribution in [0.1, 0.15) is 67.8 Å². The van der Waals surface area contributed by atoms with Crippen LogP contribution < -0.4 is 16.0 Å². The van der Waals surface area contributed by atoms with Crippen LogP contribution in [0.25, 0.3) is 5.69 Å². The Morgan fingerprint density at radius 3 is 2.64 bits per heavy atom. The highest BCUT2D eigenvalue weighted by atomic mass is 19.1. The molecule has 1 fully saturated rings. The van der Waals surface area contributed by atoms with Crippen LogP contribution in [-0.2, 0) is 6.42 Å². The number of carbonyl (C=O) groups excluding carboxylic acids is 1. The summed E-state index contributed by atoms with van der Waals surface area (Å²) in [5, 5.41) is 14.6. The van der Waals surface area contributed by atoms with Crippen LogP contribution >= 0.6 is 0 Å². The first-order valence-corrected chi connectivity index (χ1v) is 14.4. The highest BCUT2D eigenvalue weighted by molar-refractivity contribution is 5.74. The molecule has 6 nitrogen and oxygen atoms in total. The molecule has 1 aliphatic heterocycles. The van der Waals surface area contributed by atoms with Crippen molar-refractivity contribution in [1.29, 1.82) is 0 Å². The van der Waals surface area contributed by atoms with Crippen molar-refractivity contribution in [3.8, 4) is 5.69 Å². The van der Waals surface area contributed by atoms with Crippen molar-refractivity contribution in [3.63, 3.8) is 0 Å². The molecule has 2 aromatic carbocycles. The zero-order valence-corrected chi connectivity index (χ0v) is 22.6. The fourth-order valence-electron chi connectivity index (χ4n) is 6.91. The van der Waals surface area contributed by atoms with Gasteiger partial charge in [0, 0.05) is 24.4 Å². The van der Waals surface area contributed by atoms with Crippen LogP contribution in [0.15, 0.2) is 71.9 Å². The fourth-order valence-corrected chi connectivity index (χ4v) is 6.91. The number of fused-ring (bicyclic) bond motifs is 1. The van der Waals surface area contributed by atoms with Gasteiger partial charge in [-0.05, 0) is 86.9 Å². The van der Waals surface area contributed by atoms with Gasteiger partial charge >= 0.3 is 6.03 Å². The number of urea groups is 1. The van der Waals surface area contributed by atoms with Crippen molar-refractivity contribution >= 4 is 6.03 Å². The van der Waals surface area contributed by atoms with E-state index < -0.39 is 0 Å². The standard InChI is InChI=1S/C32H38FN5O/c1-21-28-20-36-38(27-11-9-26(33)10-12-27)30(28)18-25-8-7-24(31(21)25)17-29(23-5-3-2-4-6-23)37-32(39)35-19-22-13-15-34-16-14-22/h2-6,9-12,20-22,24,29,34H,7-8,13-19H2,1H3,(H2,35,37,39)/t21-,24+,29?/m0/s1. The quantitative estimate of drug-likeness (QED) is 0.340. The number of carbonyl (C=O) groups is 1. The summed E-state index contributed by atoms with van der Waals surface area (Å²) in [7, 11) is 0. The summed E-state index contributed by atoms with van der Waals surface area (Å²) in [4.78, 5) is 13.0. The molecule has 1 saturated heterocycles. The Balaban J connectivity index is 1.18. The first-order chi connectivity index (χ1) is 19.1. The van der Waals surface area contributed by atoms with Gasteiger partial charge in [0.2, 0.25) is 0 Å². The SMILES string of the molecule is C[C@@H]1C2=C(CC[C@@H]2CC(NC(=O)NCC2CCNCC2)c2ccccc2)Cc2c1cnn2-c1ccc(F)cc1. The van der Waals surface area contributed by atoms with Crippen molar-refractivity contribution in [2.75, 3.05) is 19.6 Å². The van der Waals surface area contributed by atoms with E-state index in [1.807, 2.05) is 16.9 Å². The Morgan fingerprint density at radius 2 is 1.87 bits per heavy atom. The number of nitrogens with one attached hydrogen (secondary N) is 3. The van der Waals surface area contributed by atoms with E-state index in [1.54, 1.807) is 12.1 Å². The number of piperidine rings is 1. The lowest BCUT2D eigenvalue weighted by Crippen LogP contribution is -2.42. The van der Waals surface area contributed by atoms with Crippen LogP contribution in [0.2, 0.25) is 0 Å². The third kappa shape index (κ3) is 5.50. The van der Waals surface area contributed by atoms with E-state index in [0.717, 1.165) is 69.4 Å². The summed E-state index contributed by atoms with van der Waals surface area (Å²) in [6.07, 6.45) is 8.15. The number of hydrogen-bond acceptors (Lipinski definition) is 3. The summed E-state index contributed by atoms with van der Waals surface area (Å²) in [5.74, 6) is 0.990. The number of halogens is 1. The number of benzene rings is 2. The second kappa shape index (κ2) is 11.3. The number of aromatic nitrogens is 2. The molecular weight excluding hydrogens is 489 g/mol. The van der Waals surface area contributed by atoms with E-state index in [-0.39, 0.29) is 23.8 Å². The number of amides is 2.